The van der Waals surface area contributed by atoms with E-state index in [-0.39, 0.29) is 6.04 Å². The predicted molar refractivity (Wildman–Crippen MR) is 140 cm³/mol. The highest BCUT2D eigenvalue weighted by atomic mass is 35.5. The minimum Gasteiger partial charge on any atom is -0.273 e. The van der Waals surface area contributed by atoms with E-state index in [0.29, 0.717) is 17.9 Å². The van der Waals surface area contributed by atoms with Gasteiger partial charge in [0.15, 0.2) is 5.82 Å². The number of alkyl halides is 3. The molecule has 2 aromatic carbocycles. The summed E-state index contributed by atoms with van der Waals surface area (Å²) in [6.07, 6.45) is 0.212. The third kappa shape index (κ3) is 4.30. The summed E-state index contributed by atoms with van der Waals surface area (Å²) >= 11 is 8.69. The third-order valence-electron chi connectivity index (χ3n) is 7.16. The van der Waals surface area contributed by atoms with Crippen LogP contribution >= 0.6 is 22.9 Å². The average Bonchev–Trinajstić information content (AvgIpc) is 3.53. The first kappa shape index (κ1) is 24.4. The van der Waals surface area contributed by atoms with Crippen LogP contribution in [0.1, 0.15) is 69.3 Å². The van der Waals surface area contributed by atoms with E-state index in [4.69, 9.17) is 16.6 Å². The maximum Gasteiger partial charge on any atom is 0.416 e. The fourth-order valence-electron chi connectivity index (χ4n) is 5.27. The van der Waals surface area contributed by atoms with Crippen molar-refractivity contribution in [3.05, 3.63) is 97.4 Å². The number of aryl methyl sites for hydroxylation is 4. The fraction of sp³-hybridized carbons (Fsp3) is 0.321. The van der Waals surface area contributed by atoms with E-state index in [2.05, 4.69) is 14.8 Å². The van der Waals surface area contributed by atoms with Crippen molar-refractivity contribution in [2.45, 2.75) is 58.2 Å². The Kier molecular flexibility index (Phi) is 5.99. The number of rotatable bonds is 4. The first-order valence-corrected chi connectivity index (χ1v) is 13.5. The van der Waals surface area contributed by atoms with Crippen molar-refractivity contribution in [1.82, 2.24) is 14.8 Å². The van der Waals surface area contributed by atoms with Crippen LogP contribution in [0.4, 0.5) is 13.2 Å². The molecule has 0 fully saturated rings. The SMILES string of the molecule is Cc1nnc2n1-c1sc3c(c1C(c1ccc(CCc4ccc(C(F)(F)F)cc4)cc1Cl)=N[C@H]2C)CCC3. The van der Waals surface area contributed by atoms with E-state index in [1.54, 1.807) is 23.5 Å². The molecule has 190 valence electrons. The molecule has 0 radical (unpaired) electrons. The van der Waals surface area contributed by atoms with Crippen LogP contribution in [0.2, 0.25) is 5.02 Å². The number of hydrogen-bond acceptors (Lipinski definition) is 4. The lowest BCUT2D eigenvalue weighted by molar-refractivity contribution is -0.137. The molecule has 1 atom stereocenters. The number of thiophene rings is 1. The molecule has 0 saturated carbocycles. The standard InChI is InChI=1S/C28H24ClF3N4S/c1-15-26-35-34-16(2)36(26)27-24(21-4-3-5-23(21)37-27)25(33-15)20-13-10-18(14-22(20)29)7-6-17-8-11-19(12-9-17)28(30,31)32/h8-15H,3-7H2,1-2H3/t15-/m0/s1. The van der Waals surface area contributed by atoms with E-state index in [0.717, 1.165) is 76.0 Å². The Morgan fingerprint density at radius 2 is 1.76 bits per heavy atom. The lowest BCUT2D eigenvalue weighted by Gasteiger charge is -2.13. The fourth-order valence-corrected chi connectivity index (χ4v) is 7.01. The molecule has 1 aliphatic heterocycles. The quantitative estimate of drug-likeness (QED) is 0.269. The van der Waals surface area contributed by atoms with Crippen molar-refractivity contribution in [2.24, 2.45) is 4.99 Å². The van der Waals surface area contributed by atoms with Crippen molar-refractivity contribution in [1.29, 1.82) is 0 Å². The number of nitrogens with zero attached hydrogens (tertiary/aromatic N) is 4. The predicted octanol–water partition coefficient (Wildman–Crippen LogP) is 7.50. The van der Waals surface area contributed by atoms with E-state index in [9.17, 15) is 13.2 Å². The van der Waals surface area contributed by atoms with Gasteiger partial charge in [0.25, 0.3) is 0 Å². The van der Waals surface area contributed by atoms with Gasteiger partial charge in [0, 0.05) is 16.0 Å². The topological polar surface area (TPSA) is 43.1 Å². The summed E-state index contributed by atoms with van der Waals surface area (Å²) in [7, 11) is 0. The lowest BCUT2D eigenvalue weighted by atomic mass is 9.96. The molecular formula is C28H24ClF3N4S. The highest BCUT2D eigenvalue weighted by Gasteiger charge is 2.33. The van der Waals surface area contributed by atoms with Crippen molar-refractivity contribution < 1.29 is 13.2 Å². The first-order valence-electron chi connectivity index (χ1n) is 12.3. The molecule has 0 saturated heterocycles. The van der Waals surface area contributed by atoms with Crippen molar-refractivity contribution in [3.63, 3.8) is 0 Å². The Bertz CT molecular complexity index is 1530. The zero-order valence-corrected chi connectivity index (χ0v) is 21.9. The second-order valence-electron chi connectivity index (χ2n) is 9.64. The van der Waals surface area contributed by atoms with Gasteiger partial charge in [-0.2, -0.15) is 13.2 Å². The van der Waals surface area contributed by atoms with Crippen molar-refractivity contribution in [2.75, 3.05) is 0 Å². The zero-order valence-electron chi connectivity index (χ0n) is 20.4. The molecular weight excluding hydrogens is 517 g/mol. The van der Waals surface area contributed by atoms with Gasteiger partial charge >= 0.3 is 6.18 Å². The van der Waals surface area contributed by atoms with Gasteiger partial charge in [0.05, 0.1) is 16.3 Å². The summed E-state index contributed by atoms with van der Waals surface area (Å²) < 4.78 is 40.7. The van der Waals surface area contributed by atoms with Gasteiger partial charge in [-0.1, -0.05) is 35.9 Å². The molecule has 0 unspecified atom stereocenters. The Morgan fingerprint density at radius 3 is 2.49 bits per heavy atom. The summed E-state index contributed by atoms with van der Waals surface area (Å²) in [5, 5.41) is 10.5. The van der Waals surface area contributed by atoms with Gasteiger partial charge in [-0.25, -0.2) is 0 Å². The van der Waals surface area contributed by atoms with Gasteiger partial charge < -0.3 is 0 Å². The van der Waals surface area contributed by atoms with Crippen LogP contribution in [-0.2, 0) is 31.9 Å². The van der Waals surface area contributed by atoms with Crippen molar-refractivity contribution in [3.8, 4) is 5.00 Å². The number of aliphatic imine (C=N–C) groups is 1. The molecule has 1 aliphatic carbocycles. The van der Waals surface area contributed by atoms with Crippen LogP contribution in [0.5, 0.6) is 0 Å². The molecule has 2 aliphatic rings. The molecule has 3 heterocycles. The normalized spacial score (nSPS) is 16.7. The molecule has 0 amide bonds. The molecule has 0 bridgehead atoms. The molecule has 37 heavy (non-hydrogen) atoms. The summed E-state index contributed by atoms with van der Waals surface area (Å²) in [6, 6.07) is 11.2. The Morgan fingerprint density at radius 1 is 1.03 bits per heavy atom. The maximum absolute atomic E-state index is 12.8. The number of benzene rings is 2. The molecule has 2 aromatic heterocycles. The maximum atomic E-state index is 12.8. The molecule has 4 aromatic rings. The van der Waals surface area contributed by atoms with Crippen LogP contribution in [0, 0.1) is 6.92 Å². The number of fused-ring (bicyclic) bond motifs is 5. The smallest absolute Gasteiger partial charge is 0.273 e. The van der Waals surface area contributed by atoms with Gasteiger partial charge in [0.2, 0.25) is 0 Å². The first-order chi connectivity index (χ1) is 17.7. The van der Waals surface area contributed by atoms with Gasteiger partial charge in [-0.05, 0) is 80.8 Å². The molecule has 4 nitrogen and oxygen atoms in total. The number of halogens is 4. The molecule has 0 N–H and O–H groups in total. The highest BCUT2D eigenvalue weighted by Crippen LogP contribution is 2.43. The molecule has 9 heteroatoms. The molecule has 0 spiro atoms. The summed E-state index contributed by atoms with van der Waals surface area (Å²) in [4.78, 5) is 6.53. The second-order valence-corrected chi connectivity index (χ2v) is 11.1. The third-order valence-corrected chi connectivity index (χ3v) is 8.75. The Balaban J connectivity index is 1.32. The van der Waals surface area contributed by atoms with E-state index >= 15 is 0 Å². The van der Waals surface area contributed by atoms with Crippen LogP contribution in [0.25, 0.3) is 5.00 Å². The van der Waals surface area contributed by atoms with Crippen LogP contribution in [-0.4, -0.2) is 20.5 Å². The van der Waals surface area contributed by atoms with Gasteiger partial charge in [-0.15, -0.1) is 21.5 Å². The second kappa shape index (κ2) is 9.10. The van der Waals surface area contributed by atoms with Crippen molar-refractivity contribution >= 4 is 28.6 Å². The average molecular weight is 541 g/mol. The minimum atomic E-state index is -4.32. The zero-order chi connectivity index (χ0) is 25.9. The van der Waals surface area contributed by atoms with E-state index in [1.807, 2.05) is 32.0 Å². The number of hydrogen-bond donors (Lipinski definition) is 0. The van der Waals surface area contributed by atoms with E-state index in [1.165, 1.54) is 10.4 Å². The summed E-state index contributed by atoms with van der Waals surface area (Å²) in [6.45, 7) is 4.00. The Hall–Kier alpha value is -2.97. The van der Waals surface area contributed by atoms with Gasteiger partial charge in [-0.3, -0.25) is 9.56 Å². The van der Waals surface area contributed by atoms with Crippen LogP contribution in [0.3, 0.4) is 0 Å². The lowest BCUT2D eigenvalue weighted by Crippen LogP contribution is -2.09. The summed E-state index contributed by atoms with van der Waals surface area (Å²) in [5.41, 5.74) is 5.53. The van der Waals surface area contributed by atoms with Crippen LogP contribution in [0.15, 0.2) is 47.5 Å². The van der Waals surface area contributed by atoms with Gasteiger partial charge in [0.1, 0.15) is 16.9 Å². The Labute approximate surface area is 221 Å². The van der Waals surface area contributed by atoms with E-state index < -0.39 is 11.7 Å². The van der Waals surface area contributed by atoms with Crippen LogP contribution < -0.4 is 0 Å². The largest absolute Gasteiger partial charge is 0.416 e. The minimum absolute atomic E-state index is 0.178. The summed E-state index contributed by atoms with van der Waals surface area (Å²) in [5.74, 6) is 1.68. The highest BCUT2D eigenvalue weighted by molar-refractivity contribution is 7.15. The monoisotopic (exact) mass is 540 g/mol. The molecule has 6 rings (SSSR count). The number of aromatic nitrogens is 3.